The van der Waals surface area contributed by atoms with Crippen molar-refractivity contribution in [3.8, 4) is 0 Å². The maximum atomic E-state index is 5.65. The molecule has 1 rings (SSSR count). The van der Waals surface area contributed by atoms with Crippen LogP contribution >= 0.6 is 0 Å². The number of hydrogen-bond acceptors (Lipinski definition) is 4. The third kappa shape index (κ3) is 3.47. The molecule has 1 aromatic heterocycles. The van der Waals surface area contributed by atoms with E-state index in [1.54, 1.807) is 6.20 Å². The van der Waals surface area contributed by atoms with Gasteiger partial charge in [-0.25, -0.2) is 0 Å². The van der Waals surface area contributed by atoms with Gasteiger partial charge in [-0.2, -0.15) is 5.10 Å². The summed E-state index contributed by atoms with van der Waals surface area (Å²) in [5.74, 6) is 0.913. The van der Waals surface area contributed by atoms with Crippen LogP contribution in [-0.4, -0.2) is 23.8 Å². The minimum atomic E-state index is 0.517. The fraction of sp³-hybridized carbons (Fsp3) is 0.636. The first-order valence-corrected chi connectivity index (χ1v) is 5.51. The molecule has 4 nitrogen and oxygen atoms in total. The van der Waals surface area contributed by atoms with Crippen LogP contribution in [0.3, 0.4) is 0 Å². The highest BCUT2D eigenvalue weighted by Crippen LogP contribution is 2.14. The molecule has 0 aliphatic rings. The first kappa shape index (κ1) is 11.9. The van der Waals surface area contributed by atoms with E-state index in [4.69, 9.17) is 5.73 Å². The summed E-state index contributed by atoms with van der Waals surface area (Å²) < 4.78 is 0. The third-order valence-corrected chi connectivity index (χ3v) is 2.46. The Morgan fingerprint density at radius 1 is 1.40 bits per heavy atom. The summed E-state index contributed by atoms with van der Waals surface area (Å²) in [6.07, 6.45) is 5.36. The molecule has 15 heavy (non-hydrogen) atoms. The van der Waals surface area contributed by atoms with Gasteiger partial charge in [-0.3, -0.25) is 0 Å². The lowest BCUT2D eigenvalue weighted by Crippen LogP contribution is -2.22. The van der Waals surface area contributed by atoms with Crippen LogP contribution < -0.4 is 10.6 Å². The molecule has 4 heteroatoms. The van der Waals surface area contributed by atoms with Gasteiger partial charge in [-0.15, -0.1) is 5.10 Å². The van der Waals surface area contributed by atoms with Crippen LogP contribution in [-0.2, 0) is 6.54 Å². The lowest BCUT2D eigenvalue weighted by Gasteiger charge is -2.19. The number of hydrogen-bond donors (Lipinski definition) is 1. The number of unbranched alkanes of at least 4 members (excludes halogenated alkanes) is 2. The van der Waals surface area contributed by atoms with Gasteiger partial charge in [0.25, 0.3) is 0 Å². The quantitative estimate of drug-likeness (QED) is 0.721. The topological polar surface area (TPSA) is 55.0 Å². The highest BCUT2D eigenvalue weighted by molar-refractivity contribution is 5.44. The SMILES string of the molecule is CCCCCN(C)c1nnccc1CN. The van der Waals surface area contributed by atoms with Crippen LogP contribution in [0.1, 0.15) is 31.7 Å². The van der Waals surface area contributed by atoms with E-state index in [1.807, 2.05) is 13.1 Å². The van der Waals surface area contributed by atoms with Crippen LogP contribution in [0.4, 0.5) is 5.82 Å². The third-order valence-electron chi connectivity index (χ3n) is 2.46. The van der Waals surface area contributed by atoms with Gasteiger partial charge in [0.2, 0.25) is 0 Å². The molecule has 0 bridgehead atoms. The summed E-state index contributed by atoms with van der Waals surface area (Å²) in [5.41, 5.74) is 6.71. The molecule has 84 valence electrons. The van der Waals surface area contributed by atoms with Crippen molar-refractivity contribution in [2.24, 2.45) is 5.73 Å². The maximum Gasteiger partial charge on any atom is 0.155 e. The van der Waals surface area contributed by atoms with Gasteiger partial charge in [0.15, 0.2) is 5.82 Å². The second kappa shape index (κ2) is 6.35. The largest absolute Gasteiger partial charge is 0.358 e. The Morgan fingerprint density at radius 3 is 2.87 bits per heavy atom. The van der Waals surface area contributed by atoms with Gasteiger partial charge >= 0.3 is 0 Å². The molecule has 0 saturated carbocycles. The Balaban J connectivity index is 2.59. The van der Waals surface area contributed by atoms with Gasteiger partial charge < -0.3 is 10.6 Å². The smallest absolute Gasteiger partial charge is 0.155 e. The zero-order valence-corrected chi connectivity index (χ0v) is 9.61. The van der Waals surface area contributed by atoms with E-state index in [1.165, 1.54) is 19.3 Å². The molecule has 0 aliphatic carbocycles. The number of rotatable bonds is 6. The van der Waals surface area contributed by atoms with Crippen molar-refractivity contribution in [3.05, 3.63) is 17.8 Å². The summed E-state index contributed by atoms with van der Waals surface area (Å²) in [6, 6.07) is 1.93. The van der Waals surface area contributed by atoms with Crippen LogP contribution in [0.15, 0.2) is 12.3 Å². The lowest BCUT2D eigenvalue weighted by molar-refractivity contribution is 0.695. The predicted molar refractivity (Wildman–Crippen MR) is 62.7 cm³/mol. The number of nitrogens with zero attached hydrogens (tertiary/aromatic N) is 3. The molecule has 0 unspecified atom stereocenters. The van der Waals surface area contributed by atoms with Crippen LogP contribution in [0.25, 0.3) is 0 Å². The highest BCUT2D eigenvalue weighted by Gasteiger charge is 2.07. The number of nitrogens with two attached hydrogens (primary N) is 1. The molecule has 2 N–H and O–H groups in total. The second-order valence-electron chi connectivity index (χ2n) is 3.71. The Kier molecular flexibility index (Phi) is 5.04. The van der Waals surface area contributed by atoms with Crippen molar-refractivity contribution in [2.45, 2.75) is 32.7 Å². The first-order chi connectivity index (χ1) is 7.29. The van der Waals surface area contributed by atoms with Gasteiger partial charge in [0.1, 0.15) is 0 Å². The summed E-state index contributed by atoms with van der Waals surface area (Å²) in [4.78, 5) is 2.13. The Morgan fingerprint density at radius 2 is 2.20 bits per heavy atom. The second-order valence-corrected chi connectivity index (χ2v) is 3.71. The molecule has 0 fully saturated rings. The van der Waals surface area contributed by atoms with Crippen LogP contribution in [0, 0.1) is 0 Å². The van der Waals surface area contributed by atoms with E-state index in [9.17, 15) is 0 Å². The minimum Gasteiger partial charge on any atom is -0.358 e. The number of aromatic nitrogens is 2. The average Bonchev–Trinajstić information content (AvgIpc) is 2.29. The van der Waals surface area contributed by atoms with Crippen LogP contribution in [0.2, 0.25) is 0 Å². The van der Waals surface area contributed by atoms with Gasteiger partial charge in [-0.1, -0.05) is 19.8 Å². The summed E-state index contributed by atoms with van der Waals surface area (Å²) in [6.45, 7) is 3.73. The molecular weight excluding hydrogens is 188 g/mol. The number of anilines is 1. The average molecular weight is 208 g/mol. The molecule has 0 aliphatic heterocycles. The van der Waals surface area contributed by atoms with Gasteiger partial charge in [-0.05, 0) is 12.5 Å². The molecular formula is C11H20N4. The van der Waals surface area contributed by atoms with Crippen molar-refractivity contribution < 1.29 is 0 Å². The van der Waals surface area contributed by atoms with Crippen molar-refractivity contribution in [2.75, 3.05) is 18.5 Å². The Hall–Kier alpha value is -1.16. The molecule has 1 aromatic rings. The van der Waals surface area contributed by atoms with E-state index in [0.29, 0.717) is 6.54 Å². The van der Waals surface area contributed by atoms with Crippen molar-refractivity contribution >= 4 is 5.82 Å². The van der Waals surface area contributed by atoms with Crippen molar-refractivity contribution in [1.29, 1.82) is 0 Å². The molecule has 0 atom stereocenters. The van der Waals surface area contributed by atoms with Crippen molar-refractivity contribution in [3.63, 3.8) is 0 Å². The normalized spacial score (nSPS) is 10.3. The maximum absolute atomic E-state index is 5.65. The van der Waals surface area contributed by atoms with E-state index in [0.717, 1.165) is 17.9 Å². The molecule has 0 saturated heterocycles. The standard InChI is InChI=1S/C11H20N4/c1-3-4-5-8-15(2)11-10(9-12)6-7-13-14-11/h6-7H,3-5,8-9,12H2,1-2H3. The fourth-order valence-electron chi connectivity index (χ4n) is 1.54. The summed E-state index contributed by atoms with van der Waals surface area (Å²) >= 11 is 0. The van der Waals surface area contributed by atoms with E-state index in [-0.39, 0.29) is 0 Å². The van der Waals surface area contributed by atoms with Gasteiger partial charge in [0, 0.05) is 25.7 Å². The molecule has 0 amide bonds. The van der Waals surface area contributed by atoms with Crippen molar-refractivity contribution in [1.82, 2.24) is 10.2 Å². The zero-order chi connectivity index (χ0) is 11.1. The van der Waals surface area contributed by atoms with Gasteiger partial charge in [0.05, 0.1) is 6.20 Å². The minimum absolute atomic E-state index is 0.517. The van der Waals surface area contributed by atoms with E-state index >= 15 is 0 Å². The Labute approximate surface area is 91.5 Å². The highest BCUT2D eigenvalue weighted by atomic mass is 15.2. The fourth-order valence-corrected chi connectivity index (χ4v) is 1.54. The molecule has 1 heterocycles. The Bertz CT molecular complexity index is 288. The van der Waals surface area contributed by atoms with E-state index in [2.05, 4.69) is 22.0 Å². The monoisotopic (exact) mass is 208 g/mol. The molecule has 0 spiro atoms. The lowest BCUT2D eigenvalue weighted by atomic mass is 10.2. The van der Waals surface area contributed by atoms with Crippen LogP contribution in [0.5, 0.6) is 0 Å². The zero-order valence-electron chi connectivity index (χ0n) is 9.61. The molecule has 0 aromatic carbocycles. The predicted octanol–water partition coefficient (Wildman–Crippen LogP) is 1.56. The molecule has 0 radical (unpaired) electrons. The van der Waals surface area contributed by atoms with E-state index < -0.39 is 0 Å². The summed E-state index contributed by atoms with van der Waals surface area (Å²) in [7, 11) is 2.04. The summed E-state index contributed by atoms with van der Waals surface area (Å²) in [5, 5.41) is 8.02. The first-order valence-electron chi connectivity index (χ1n) is 5.51.